The summed E-state index contributed by atoms with van der Waals surface area (Å²) in [6, 6.07) is 12.0. The predicted octanol–water partition coefficient (Wildman–Crippen LogP) is 5.21. The van der Waals surface area contributed by atoms with Crippen LogP contribution in [0.5, 0.6) is 5.75 Å². The first-order valence-corrected chi connectivity index (χ1v) is 6.75. The minimum absolute atomic E-state index is 0.0966. The summed E-state index contributed by atoms with van der Waals surface area (Å²) in [5.74, 6) is 0.327. The lowest BCUT2D eigenvalue weighted by molar-refractivity contribution is 0.340. The topological polar surface area (TPSA) is 9.23 Å². The van der Waals surface area contributed by atoms with Gasteiger partial charge in [0.15, 0.2) is 0 Å². The molecule has 0 aliphatic heterocycles. The standard InChI is InChI=1S/C15H13Cl2FO/c1-2-19-12-6-3-10(4-7-12)15(17)11-5-8-13(16)14(18)9-11/h3-9,15H,2H2,1H3. The van der Waals surface area contributed by atoms with Gasteiger partial charge in [-0.3, -0.25) is 0 Å². The first kappa shape index (κ1) is 14.2. The molecule has 0 radical (unpaired) electrons. The maximum absolute atomic E-state index is 13.4. The van der Waals surface area contributed by atoms with E-state index < -0.39 is 11.2 Å². The Morgan fingerprint density at radius 3 is 2.32 bits per heavy atom. The molecule has 1 unspecified atom stereocenters. The van der Waals surface area contributed by atoms with Crippen LogP contribution in [0.2, 0.25) is 5.02 Å². The summed E-state index contributed by atoms with van der Waals surface area (Å²) in [5.41, 5.74) is 1.56. The van der Waals surface area contributed by atoms with Crippen molar-refractivity contribution >= 4 is 23.2 Å². The van der Waals surface area contributed by atoms with Crippen LogP contribution in [0.25, 0.3) is 0 Å². The fourth-order valence-corrected chi connectivity index (χ4v) is 2.16. The van der Waals surface area contributed by atoms with Crippen LogP contribution in [0.15, 0.2) is 42.5 Å². The monoisotopic (exact) mass is 298 g/mol. The van der Waals surface area contributed by atoms with Crippen molar-refractivity contribution in [1.29, 1.82) is 0 Å². The van der Waals surface area contributed by atoms with Crippen molar-refractivity contribution in [3.8, 4) is 5.75 Å². The Hall–Kier alpha value is -1.25. The molecule has 0 heterocycles. The molecule has 0 bridgehead atoms. The van der Waals surface area contributed by atoms with Gasteiger partial charge in [0.25, 0.3) is 0 Å². The summed E-state index contributed by atoms with van der Waals surface area (Å²) in [6.45, 7) is 2.54. The molecular formula is C15H13Cl2FO. The van der Waals surface area contributed by atoms with Crippen molar-refractivity contribution in [3.05, 3.63) is 64.4 Å². The van der Waals surface area contributed by atoms with Gasteiger partial charge in [-0.25, -0.2) is 4.39 Å². The largest absolute Gasteiger partial charge is 0.494 e. The molecule has 0 aliphatic carbocycles. The van der Waals surface area contributed by atoms with Crippen molar-refractivity contribution in [2.45, 2.75) is 12.3 Å². The molecule has 0 aromatic heterocycles. The fraction of sp³-hybridized carbons (Fsp3) is 0.200. The first-order valence-electron chi connectivity index (χ1n) is 5.93. The summed E-state index contributed by atoms with van der Waals surface area (Å²) in [5, 5.41) is -0.318. The maximum Gasteiger partial charge on any atom is 0.142 e. The average molecular weight is 299 g/mol. The van der Waals surface area contributed by atoms with E-state index in [1.54, 1.807) is 6.07 Å². The third-order valence-corrected chi connectivity index (χ3v) is 3.53. The third-order valence-electron chi connectivity index (χ3n) is 2.72. The van der Waals surface area contributed by atoms with Crippen molar-refractivity contribution < 1.29 is 9.13 Å². The SMILES string of the molecule is CCOc1ccc(C(Cl)c2ccc(Cl)c(F)c2)cc1. The van der Waals surface area contributed by atoms with E-state index >= 15 is 0 Å². The van der Waals surface area contributed by atoms with Gasteiger partial charge in [0, 0.05) is 0 Å². The number of rotatable bonds is 4. The van der Waals surface area contributed by atoms with Crippen molar-refractivity contribution in [3.63, 3.8) is 0 Å². The highest BCUT2D eigenvalue weighted by atomic mass is 35.5. The lowest BCUT2D eigenvalue weighted by atomic mass is 10.0. The molecule has 0 aliphatic rings. The molecule has 2 rings (SSSR count). The van der Waals surface area contributed by atoms with Crippen LogP contribution >= 0.6 is 23.2 Å². The summed E-state index contributed by atoms with van der Waals surface area (Å²) in [7, 11) is 0. The van der Waals surface area contributed by atoms with Crippen LogP contribution < -0.4 is 4.74 Å². The molecule has 0 amide bonds. The van der Waals surface area contributed by atoms with Crippen LogP contribution in [0.4, 0.5) is 4.39 Å². The highest BCUT2D eigenvalue weighted by molar-refractivity contribution is 6.30. The van der Waals surface area contributed by atoms with Gasteiger partial charge in [0.05, 0.1) is 17.0 Å². The zero-order chi connectivity index (χ0) is 13.8. The van der Waals surface area contributed by atoms with E-state index in [4.69, 9.17) is 27.9 Å². The van der Waals surface area contributed by atoms with E-state index in [1.165, 1.54) is 12.1 Å². The van der Waals surface area contributed by atoms with Crippen LogP contribution in [-0.4, -0.2) is 6.61 Å². The molecule has 0 spiro atoms. The van der Waals surface area contributed by atoms with E-state index in [1.807, 2.05) is 31.2 Å². The Kier molecular flexibility index (Phi) is 4.67. The predicted molar refractivity (Wildman–Crippen MR) is 76.7 cm³/mol. The number of halogens is 3. The lowest BCUT2D eigenvalue weighted by Gasteiger charge is -2.12. The van der Waals surface area contributed by atoms with Gasteiger partial charge in [-0.15, -0.1) is 11.6 Å². The number of hydrogen-bond donors (Lipinski definition) is 0. The molecular weight excluding hydrogens is 286 g/mol. The Labute approximate surface area is 121 Å². The van der Waals surface area contributed by atoms with Crippen molar-refractivity contribution in [2.75, 3.05) is 6.61 Å². The zero-order valence-electron chi connectivity index (χ0n) is 10.4. The van der Waals surface area contributed by atoms with Crippen LogP contribution in [0.3, 0.4) is 0 Å². The Bertz CT molecular complexity index is 555. The van der Waals surface area contributed by atoms with Gasteiger partial charge < -0.3 is 4.74 Å². The van der Waals surface area contributed by atoms with Crippen LogP contribution in [-0.2, 0) is 0 Å². The number of alkyl halides is 1. The molecule has 19 heavy (non-hydrogen) atoms. The minimum Gasteiger partial charge on any atom is -0.494 e. The second-order valence-electron chi connectivity index (χ2n) is 4.04. The molecule has 2 aromatic carbocycles. The highest BCUT2D eigenvalue weighted by Gasteiger charge is 2.12. The Balaban J connectivity index is 2.22. The molecule has 2 aromatic rings. The van der Waals surface area contributed by atoms with Gasteiger partial charge in [-0.2, -0.15) is 0 Å². The van der Waals surface area contributed by atoms with Crippen molar-refractivity contribution in [1.82, 2.24) is 0 Å². The maximum atomic E-state index is 13.4. The Morgan fingerprint density at radius 2 is 1.74 bits per heavy atom. The molecule has 0 N–H and O–H groups in total. The zero-order valence-corrected chi connectivity index (χ0v) is 11.9. The number of benzene rings is 2. The second kappa shape index (κ2) is 6.27. The average Bonchev–Trinajstić information content (AvgIpc) is 2.42. The lowest BCUT2D eigenvalue weighted by Crippen LogP contribution is -1.96. The molecule has 0 fully saturated rings. The smallest absolute Gasteiger partial charge is 0.142 e. The van der Waals surface area contributed by atoms with E-state index in [2.05, 4.69) is 0 Å². The highest BCUT2D eigenvalue weighted by Crippen LogP contribution is 2.31. The van der Waals surface area contributed by atoms with Gasteiger partial charge in [0.2, 0.25) is 0 Å². The van der Waals surface area contributed by atoms with Gasteiger partial charge in [0.1, 0.15) is 11.6 Å². The fourth-order valence-electron chi connectivity index (χ4n) is 1.76. The van der Waals surface area contributed by atoms with E-state index in [0.717, 1.165) is 11.3 Å². The van der Waals surface area contributed by atoms with Gasteiger partial charge in [-0.05, 0) is 42.3 Å². The molecule has 0 saturated carbocycles. The molecule has 4 heteroatoms. The molecule has 1 atom stereocenters. The van der Waals surface area contributed by atoms with Crippen LogP contribution in [0, 0.1) is 5.82 Å². The summed E-state index contributed by atoms with van der Waals surface area (Å²) in [4.78, 5) is 0. The number of ether oxygens (including phenoxy) is 1. The third kappa shape index (κ3) is 3.40. The minimum atomic E-state index is -0.462. The van der Waals surface area contributed by atoms with E-state index in [0.29, 0.717) is 12.2 Å². The van der Waals surface area contributed by atoms with E-state index in [9.17, 15) is 4.39 Å². The quantitative estimate of drug-likeness (QED) is 0.704. The molecule has 0 saturated heterocycles. The van der Waals surface area contributed by atoms with Gasteiger partial charge in [-0.1, -0.05) is 29.8 Å². The normalized spacial score (nSPS) is 12.2. The Morgan fingerprint density at radius 1 is 1.11 bits per heavy atom. The second-order valence-corrected chi connectivity index (χ2v) is 4.88. The molecule has 1 nitrogen and oxygen atoms in total. The summed E-state index contributed by atoms with van der Waals surface area (Å²) < 4.78 is 18.8. The summed E-state index contributed by atoms with van der Waals surface area (Å²) in [6.07, 6.45) is 0. The number of hydrogen-bond acceptors (Lipinski definition) is 1. The van der Waals surface area contributed by atoms with Crippen molar-refractivity contribution in [2.24, 2.45) is 0 Å². The van der Waals surface area contributed by atoms with Gasteiger partial charge >= 0.3 is 0 Å². The van der Waals surface area contributed by atoms with E-state index in [-0.39, 0.29) is 5.02 Å². The van der Waals surface area contributed by atoms with Crippen LogP contribution in [0.1, 0.15) is 23.4 Å². The molecule has 100 valence electrons. The summed E-state index contributed by atoms with van der Waals surface area (Å²) >= 11 is 12.0. The first-order chi connectivity index (χ1) is 9.11.